The molecule has 0 radical (unpaired) electrons. The van der Waals surface area contributed by atoms with Crippen molar-refractivity contribution in [3.8, 4) is 0 Å². The molecule has 0 aliphatic heterocycles. The number of nitrogens with zero attached hydrogens (tertiary/aromatic N) is 1. The second-order valence-corrected chi connectivity index (χ2v) is 4.10. The fraction of sp³-hybridized carbons (Fsp3) is 0.300. The Morgan fingerprint density at radius 3 is 2.92 bits per heavy atom. The molecule has 0 amide bonds. The lowest BCUT2D eigenvalue weighted by atomic mass is 9.90. The van der Waals surface area contributed by atoms with Gasteiger partial charge in [-0.05, 0) is 30.0 Å². The summed E-state index contributed by atoms with van der Waals surface area (Å²) in [6, 6.07) is 6.32. The van der Waals surface area contributed by atoms with Crippen molar-refractivity contribution in [1.29, 1.82) is 0 Å². The van der Waals surface area contributed by atoms with E-state index in [-0.39, 0.29) is 0 Å². The summed E-state index contributed by atoms with van der Waals surface area (Å²) in [5, 5.41) is 3.78. The molecule has 0 fully saturated rings. The van der Waals surface area contributed by atoms with Crippen molar-refractivity contribution in [3.05, 3.63) is 33.8 Å². The fourth-order valence-corrected chi connectivity index (χ4v) is 2.26. The quantitative estimate of drug-likeness (QED) is 0.547. The van der Waals surface area contributed by atoms with E-state index in [1.54, 1.807) is 0 Å². The molecular formula is C10H11BrN2. The molecule has 13 heavy (non-hydrogen) atoms. The number of hydrazone groups is 1. The van der Waals surface area contributed by atoms with Gasteiger partial charge in [0.05, 0.1) is 0 Å². The molecule has 1 aliphatic carbocycles. The number of benzene rings is 1. The van der Waals surface area contributed by atoms with Gasteiger partial charge in [-0.15, -0.1) is 0 Å². The lowest BCUT2D eigenvalue weighted by molar-refractivity contribution is 0.930. The lowest BCUT2D eigenvalue weighted by Gasteiger charge is -2.17. The van der Waals surface area contributed by atoms with Crippen molar-refractivity contribution < 1.29 is 0 Å². The highest BCUT2D eigenvalue weighted by molar-refractivity contribution is 9.10. The third kappa shape index (κ3) is 1.61. The van der Waals surface area contributed by atoms with E-state index in [2.05, 4.69) is 39.2 Å². The summed E-state index contributed by atoms with van der Waals surface area (Å²) in [4.78, 5) is 0. The maximum atomic E-state index is 5.28. The van der Waals surface area contributed by atoms with Gasteiger partial charge in [-0.3, -0.25) is 0 Å². The number of hydrogen-bond acceptors (Lipinski definition) is 2. The average Bonchev–Trinajstić information content (AvgIpc) is 2.18. The maximum Gasteiger partial charge on any atom is 0.0423 e. The van der Waals surface area contributed by atoms with E-state index in [1.807, 2.05) is 0 Å². The molecule has 0 heterocycles. The Kier molecular flexibility index (Phi) is 2.36. The van der Waals surface area contributed by atoms with Gasteiger partial charge in [-0.1, -0.05) is 28.1 Å². The van der Waals surface area contributed by atoms with E-state index < -0.39 is 0 Å². The third-order valence-electron chi connectivity index (χ3n) is 2.46. The van der Waals surface area contributed by atoms with Gasteiger partial charge in [0.15, 0.2) is 0 Å². The number of hydrogen-bond donors (Lipinski definition) is 1. The zero-order chi connectivity index (χ0) is 9.26. The van der Waals surface area contributed by atoms with Crippen LogP contribution in [0.3, 0.4) is 0 Å². The first-order valence-electron chi connectivity index (χ1n) is 4.33. The van der Waals surface area contributed by atoms with Gasteiger partial charge >= 0.3 is 0 Å². The van der Waals surface area contributed by atoms with Crippen molar-refractivity contribution in [1.82, 2.24) is 0 Å². The van der Waals surface area contributed by atoms with Gasteiger partial charge in [-0.25, -0.2) is 0 Å². The summed E-state index contributed by atoms with van der Waals surface area (Å²) < 4.78 is 1.17. The highest BCUT2D eigenvalue weighted by Gasteiger charge is 2.15. The minimum absolute atomic E-state index is 0.896. The molecule has 2 rings (SSSR count). The Morgan fingerprint density at radius 2 is 2.15 bits per heavy atom. The van der Waals surface area contributed by atoms with Crippen LogP contribution in [-0.4, -0.2) is 5.71 Å². The molecule has 0 spiro atoms. The second kappa shape index (κ2) is 3.50. The van der Waals surface area contributed by atoms with Crippen LogP contribution < -0.4 is 5.84 Å². The topological polar surface area (TPSA) is 38.4 Å². The standard InChI is InChI=1S/C10H11BrN2/c11-10-3-1-2-7-4-5-8(13-12)6-9(7)10/h1-3H,4-6,12H2/b13-8-. The summed E-state index contributed by atoms with van der Waals surface area (Å²) in [5.41, 5.74) is 3.86. The summed E-state index contributed by atoms with van der Waals surface area (Å²) in [6.07, 6.45) is 2.96. The zero-order valence-electron chi connectivity index (χ0n) is 7.26. The van der Waals surface area contributed by atoms with E-state index in [9.17, 15) is 0 Å². The van der Waals surface area contributed by atoms with Gasteiger partial charge < -0.3 is 5.84 Å². The summed E-state index contributed by atoms with van der Waals surface area (Å²) in [6.45, 7) is 0. The number of nitrogens with two attached hydrogens (primary N) is 1. The predicted octanol–water partition coefficient (Wildman–Crippen LogP) is 2.25. The number of halogens is 1. The molecular weight excluding hydrogens is 228 g/mol. The Bertz CT molecular complexity index is 358. The van der Waals surface area contributed by atoms with E-state index in [4.69, 9.17) is 5.84 Å². The highest BCUT2D eigenvalue weighted by atomic mass is 79.9. The fourth-order valence-electron chi connectivity index (χ4n) is 1.72. The summed E-state index contributed by atoms with van der Waals surface area (Å²) in [7, 11) is 0. The average molecular weight is 239 g/mol. The molecule has 68 valence electrons. The molecule has 0 aromatic heterocycles. The van der Waals surface area contributed by atoms with Gasteiger partial charge in [0, 0.05) is 16.6 Å². The molecule has 1 aromatic carbocycles. The first-order valence-corrected chi connectivity index (χ1v) is 5.12. The van der Waals surface area contributed by atoms with Crippen molar-refractivity contribution in [3.63, 3.8) is 0 Å². The number of fused-ring (bicyclic) bond motifs is 1. The highest BCUT2D eigenvalue weighted by Crippen LogP contribution is 2.26. The van der Waals surface area contributed by atoms with Crippen molar-refractivity contribution in [2.75, 3.05) is 0 Å². The van der Waals surface area contributed by atoms with Crippen LogP contribution in [0.5, 0.6) is 0 Å². The molecule has 1 aromatic rings. The SMILES string of the molecule is N/N=C1/CCc2cccc(Br)c2C1. The monoisotopic (exact) mass is 238 g/mol. The maximum absolute atomic E-state index is 5.28. The van der Waals surface area contributed by atoms with Crippen LogP contribution in [-0.2, 0) is 12.8 Å². The molecule has 0 bridgehead atoms. The van der Waals surface area contributed by atoms with Crippen LogP contribution in [0.1, 0.15) is 17.5 Å². The molecule has 0 unspecified atom stereocenters. The Morgan fingerprint density at radius 1 is 1.31 bits per heavy atom. The molecule has 0 atom stereocenters. The van der Waals surface area contributed by atoms with Crippen molar-refractivity contribution in [2.24, 2.45) is 10.9 Å². The van der Waals surface area contributed by atoms with Crippen LogP contribution in [0.25, 0.3) is 0 Å². The molecule has 1 aliphatic rings. The molecule has 2 N–H and O–H groups in total. The van der Waals surface area contributed by atoms with Gasteiger partial charge in [0.2, 0.25) is 0 Å². The van der Waals surface area contributed by atoms with E-state index >= 15 is 0 Å². The minimum Gasteiger partial charge on any atom is -0.323 e. The van der Waals surface area contributed by atoms with E-state index in [0.29, 0.717) is 0 Å². The van der Waals surface area contributed by atoms with Crippen LogP contribution in [0, 0.1) is 0 Å². The van der Waals surface area contributed by atoms with Crippen molar-refractivity contribution >= 4 is 21.6 Å². The van der Waals surface area contributed by atoms with Crippen molar-refractivity contribution in [2.45, 2.75) is 19.3 Å². The molecule has 2 nitrogen and oxygen atoms in total. The zero-order valence-corrected chi connectivity index (χ0v) is 8.84. The molecule has 0 saturated carbocycles. The Hall–Kier alpha value is -0.830. The van der Waals surface area contributed by atoms with Crippen LogP contribution in [0.15, 0.2) is 27.8 Å². The summed E-state index contributed by atoms with van der Waals surface area (Å²) in [5.74, 6) is 5.28. The van der Waals surface area contributed by atoms with E-state index in [1.165, 1.54) is 15.6 Å². The number of rotatable bonds is 0. The second-order valence-electron chi connectivity index (χ2n) is 3.25. The first-order chi connectivity index (χ1) is 6.31. The Labute approximate surface area is 86.0 Å². The third-order valence-corrected chi connectivity index (χ3v) is 3.21. The number of aryl methyl sites for hydroxylation is 1. The van der Waals surface area contributed by atoms with Crippen LogP contribution in [0.4, 0.5) is 0 Å². The van der Waals surface area contributed by atoms with Crippen LogP contribution >= 0.6 is 15.9 Å². The van der Waals surface area contributed by atoms with Crippen LogP contribution in [0.2, 0.25) is 0 Å². The summed E-state index contributed by atoms with van der Waals surface area (Å²) >= 11 is 3.54. The van der Waals surface area contributed by atoms with E-state index in [0.717, 1.165) is 25.0 Å². The largest absolute Gasteiger partial charge is 0.323 e. The molecule has 0 saturated heterocycles. The van der Waals surface area contributed by atoms with Gasteiger partial charge in [-0.2, -0.15) is 5.10 Å². The minimum atomic E-state index is 0.896. The molecule has 3 heteroatoms. The predicted molar refractivity (Wildman–Crippen MR) is 57.8 cm³/mol. The first kappa shape index (κ1) is 8.75. The Balaban J connectivity index is 2.43. The lowest BCUT2D eigenvalue weighted by Crippen LogP contribution is -2.15. The van der Waals surface area contributed by atoms with Gasteiger partial charge in [0.1, 0.15) is 0 Å². The smallest absolute Gasteiger partial charge is 0.0423 e. The normalized spacial score (nSPS) is 18.7. The van der Waals surface area contributed by atoms with Gasteiger partial charge in [0.25, 0.3) is 0 Å².